The van der Waals surface area contributed by atoms with Crippen molar-refractivity contribution in [3.05, 3.63) is 83.2 Å². The van der Waals surface area contributed by atoms with Crippen LogP contribution in [-0.2, 0) is 36.8 Å². The maximum atomic E-state index is 14.5. The van der Waals surface area contributed by atoms with Gasteiger partial charge in [-0.15, -0.1) is 0 Å². The topological polar surface area (TPSA) is 221 Å². The van der Waals surface area contributed by atoms with Crippen LogP contribution in [0.15, 0.2) is 60.7 Å². The lowest BCUT2D eigenvalue weighted by atomic mass is 9.88. The van der Waals surface area contributed by atoms with E-state index in [1.165, 1.54) is 24.1 Å². The molecule has 14 heteroatoms. The summed E-state index contributed by atoms with van der Waals surface area (Å²) in [5.41, 5.74) is 20.6. The zero-order valence-electron chi connectivity index (χ0n) is 33.3. The van der Waals surface area contributed by atoms with Gasteiger partial charge in [0.25, 0.3) is 0 Å². The molecule has 0 aliphatic carbocycles. The van der Waals surface area contributed by atoms with Gasteiger partial charge in [0.05, 0.1) is 12.1 Å². The molecule has 13 nitrogen and oxygen atoms in total. The second-order valence-electron chi connectivity index (χ2n) is 14.7. The Kier molecular flexibility index (Phi) is 17.5. The number of nitrogens with zero attached hydrogens (tertiary/aromatic N) is 2. The number of nitrogens with two attached hydrogens (primary N) is 3. The Balaban J connectivity index is 1.78. The van der Waals surface area contributed by atoms with E-state index in [0.29, 0.717) is 46.6 Å². The number of likely N-dealkylation sites (N-methyl/N-ethyl adjacent to an activating group) is 1. The van der Waals surface area contributed by atoms with Crippen LogP contribution in [0.25, 0.3) is 11.1 Å². The SMILES string of the molecule is C[C@@H]1CC(=O)[C@@H](N(C)C(=O)[C@H](CCN)CC(=O)CCCc2ccc(F)cc2)c2ccc(OCCN)c(c2)-c2cc(ccc2OCCN)C[C@@H](C(=O)CCC#N)NC1=O. The van der Waals surface area contributed by atoms with Crippen molar-refractivity contribution in [1.82, 2.24) is 10.2 Å². The number of nitriles is 1. The molecule has 0 saturated carbocycles. The fraction of sp³-hybridized carbons (Fsp3) is 0.455. The van der Waals surface area contributed by atoms with E-state index < -0.39 is 41.5 Å². The summed E-state index contributed by atoms with van der Waals surface area (Å²) in [6, 6.07) is 16.3. The molecule has 310 valence electrons. The van der Waals surface area contributed by atoms with Gasteiger partial charge in [-0.1, -0.05) is 31.2 Å². The number of carbonyl (C=O) groups is 5. The van der Waals surface area contributed by atoms with Gasteiger partial charge >= 0.3 is 0 Å². The van der Waals surface area contributed by atoms with E-state index in [9.17, 15) is 33.6 Å². The summed E-state index contributed by atoms with van der Waals surface area (Å²) >= 11 is 0. The first-order valence-electron chi connectivity index (χ1n) is 19.8. The van der Waals surface area contributed by atoms with E-state index in [2.05, 4.69) is 5.32 Å². The number of ether oxygens (including phenoxy) is 2. The number of benzene rings is 3. The highest BCUT2D eigenvalue weighted by molar-refractivity contribution is 5.96. The van der Waals surface area contributed by atoms with Crippen molar-refractivity contribution in [2.75, 3.05) is 39.9 Å². The number of Topliss-reactive ketones (excluding diaryl/α,β-unsaturated/α-hetero) is 3. The summed E-state index contributed by atoms with van der Waals surface area (Å²) in [6.45, 7) is 2.49. The molecule has 58 heavy (non-hydrogen) atoms. The lowest BCUT2D eigenvalue weighted by Crippen LogP contribution is -2.46. The Hall–Kier alpha value is -5.49. The monoisotopic (exact) mass is 798 g/mol. The first-order valence-corrected chi connectivity index (χ1v) is 19.8. The molecule has 1 heterocycles. The fourth-order valence-corrected chi connectivity index (χ4v) is 7.16. The molecule has 7 N–H and O–H groups in total. The van der Waals surface area contributed by atoms with Crippen molar-refractivity contribution in [3.8, 4) is 28.7 Å². The normalized spacial score (nSPS) is 17.3. The first kappa shape index (κ1) is 45.2. The zero-order valence-corrected chi connectivity index (χ0v) is 33.3. The largest absolute Gasteiger partial charge is 0.492 e. The van der Waals surface area contributed by atoms with Gasteiger partial charge in [-0.05, 0) is 85.3 Å². The van der Waals surface area contributed by atoms with E-state index in [4.69, 9.17) is 26.7 Å². The minimum absolute atomic E-state index is 0.0280. The van der Waals surface area contributed by atoms with E-state index in [-0.39, 0.29) is 95.2 Å². The summed E-state index contributed by atoms with van der Waals surface area (Å²) in [5, 5.41) is 12.0. The van der Waals surface area contributed by atoms with Gasteiger partial charge in [0.2, 0.25) is 11.8 Å². The smallest absolute Gasteiger partial charge is 0.226 e. The molecule has 0 fully saturated rings. The summed E-state index contributed by atoms with van der Waals surface area (Å²) in [4.78, 5) is 70.5. The van der Waals surface area contributed by atoms with Gasteiger partial charge in [-0.2, -0.15) is 5.26 Å². The number of carbonyl (C=O) groups excluding carboxylic acids is 5. The number of aryl methyl sites for hydroxylation is 1. The Labute approximate surface area is 339 Å². The number of amides is 2. The molecule has 3 aromatic rings. The van der Waals surface area contributed by atoms with Crippen LogP contribution in [0.5, 0.6) is 11.5 Å². The molecule has 1 aliphatic rings. The molecule has 0 unspecified atom stereocenters. The van der Waals surface area contributed by atoms with Gasteiger partial charge < -0.3 is 36.9 Å². The van der Waals surface area contributed by atoms with Crippen LogP contribution in [-0.4, -0.2) is 80.0 Å². The van der Waals surface area contributed by atoms with Gasteiger partial charge in [-0.25, -0.2) is 4.39 Å². The van der Waals surface area contributed by atoms with Crippen molar-refractivity contribution in [2.24, 2.45) is 29.0 Å². The number of hydrogen-bond donors (Lipinski definition) is 4. The predicted molar refractivity (Wildman–Crippen MR) is 217 cm³/mol. The molecular weight excluding hydrogens is 744 g/mol. The van der Waals surface area contributed by atoms with Crippen LogP contribution in [0.1, 0.15) is 74.6 Å². The predicted octanol–water partition coefficient (Wildman–Crippen LogP) is 4.12. The standard InChI is InChI=1S/C44H55FN6O7/c1-28-23-39(54)42(51(2)44(56)32(16-18-47)26-34(52)6-3-5-29-8-12-33(45)13-9-29)31-11-15-41(58-22-20-49)36(27-31)35-24-30(10-14-40(35)57-21-19-48)25-37(50-43(28)55)38(53)7-4-17-46/h8-15,24,27-28,32,37,42H,3-7,16,18-23,25-26,47-49H2,1-2H3,(H,50,55)/t28-,32-,37+,42+/m1/s1. The van der Waals surface area contributed by atoms with E-state index in [0.717, 1.165) is 5.56 Å². The highest BCUT2D eigenvalue weighted by atomic mass is 19.1. The average Bonchev–Trinajstić information content (AvgIpc) is 3.21. The van der Waals surface area contributed by atoms with Crippen LogP contribution in [0.3, 0.4) is 0 Å². The minimum atomic E-state index is -1.20. The quantitative estimate of drug-likeness (QED) is 0.135. The Bertz CT molecular complexity index is 1950. The maximum Gasteiger partial charge on any atom is 0.226 e. The van der Waals surface area contributed by atoms with Crippen molar-refractivity contribution in [3.63, 3.8) is 0 Å². The summed E-state index contributed by atoms with van der Waals surface area (Å²) < 4.78 is 25.5. The summed E-state index contributed by atoms with van der Waals surface area (Å²) in [7, 11) is 1.50. The molecule has 3 aromatic carbocycles. The molecule has 1 aliphatic heterocycles. The van der Waals surface area contributed by atoms with Gasteiger partial charge in [0, 0.05) is 75.2 Å². The maximum absolute atomic E-state index is 14.5. The van der Waals surface area contributed by atoms with Crippen LogP contribution in [0.2, 0.25) is 0 Å². The van der Waals surface area contributed by atoms with Crippen LogP contribution < -0.4 is 32.0 Å². The van der Waals surface area contributed by atoms with Crippen LogP contribution in [0.4, 0.5) is 4.39 Å². The minimum Gasteiger partial charge on any atom is -0.492 e. The van der Waals surface area contributed by atoms with Crippen LogP contribution in [0, 0.1) is 29.0 Å². The second-order valence-corrected chi connectivity index (χ2v) is 14.7. The Morgan fingerprint density at radius 3 is 2.21 bits per heavy atom. The average molecular weight is 799 g/mol. The number of nitrogens with one attached hydrogen (secondary N) is 1. The first-order chi connectivity index (χ1) is 27.9. The highest BCUT2D eigenvalue weighted by Crippen LogP contribution is 2.41. The van der Waals surface area contributed by atoms with E-state index >= 15 is 0 Å². The number of fused-ring (bicyclic) bond motifs is 5. The van der Waals surface area contributed by atoms with Crippen LogP contribution >= 0.6 is 0 Å². The molecule has 4 atom stereocenters. The Morgan fingerprint density at radius 2 is 1.57 bits per heavy atom. The third-order valence-electron chi connectivity index (χ3n) is 10.2. The third kappa shape index (κ3) is 12.5. The summed E-state index contributed by atoms with van der Waals surface area (Å²) in [5.74, 6) is -3.12. The molecule has 0 saturated heterocycles. The van der Waals surface area contributed by atoms with E-state index in [1.807, 2.05) is 12.1 Å². The number of hydrogen-bond acceptors (Lipinski definition) is 11. The lowest BCUT2D eigenvalue weighted by molar-refractivity contribution is -0.143. The number of rotatable bonds is 19. The molecular formula is C44H55FN6O7. The van der Waals surface area contributed by atoms with Gasteiger partial charge in [0.1, 0.15) is 42.4 Å². The van der Waals surface area contributed by atoms with Crippen molar-refractivity contribution in [2.45, 2.75) is 76.8 Å². The molecule has 4 bridgehead atoms. The molecule has 0 radical (unpaired) electrons. The molecule has 0 spiro atoms. The highest BCUT2D eigenvalue weighted by Gasteiger charge is 2.36. The summed E-state index contributed by atoms with van der Waals surface area (Å²) in [6.07, 6.45) is 1.10. The van der Waals surface area contributed by atoms with Crippen molar-refractivity contribution >= 4 is 29.2 Å². The third-order valence-corrected chi connectivity index (χ3v) is 10.2. The Morgan fingerprint density at radius 1 is 0.914 bits per heavy atom. The van der Waals surface area contributed by atoms with Crippen molar-refractivity contribution in [1.29, 1.82) is 5.26 Å². The fourth-order valence-electron chi connectivity index (χ4n) is 7.16. The number of halogens is 1. The van der Waals surface area contributed by atoms with Gasteiger partial charge in [-0.3, -0.25) is 24.0 Å². The lowest BCUT2D eigenvalue weighted by Gasteiger charge is -2.32. The van der Waals surface area contributed by atoms with Crippen molar-refractivity contribution < 1.29 is 37.8 Å². The zero-order chi connectivity index (χ0) is 42.2. The van der Waals surface area contributed by atoms with Gasteiger partial charge in [0.15, 0.2) is 11.6 Å². The molecule has 0 aromatic heterocycles. The second kappa shape index (κ2) is 22.4. The molecule has 2 amide bonds. The molecule has 4 rings (SSSR count). The van der Waals surface area contributed by atoms with E-state index in [1.54, 1.807) is 49.4 Å². The number of ketones is 3.